The van der Waals surface area contributed by atoms with E-state index in [1.165, 1.54) is 19.2 Å². The molecule has 1 fully saturated rings. The molecule has 0 saturated carbocycles. The molecule has 2 atom stereocenters. The van der Waals surface area contributed by atoms with Gasteiger partial charge < -0.3 is 9.64 Å². The van der Waals surface area contributed by atoms with E-state index in [2.05, 4.69) is 18.6 Å². The number of hydrogen-bond donors (Lipinski definition) is 1. The van der Waals surface area contributed by atoms with Crippen LogP contribution in [0.3, 0.4) is 0 Å². The third kappa shape index (κ3) is 4.68. The van der Waals surface area contributed by atoms with E-state index in [4.69, 9.17) is 4.74 Å². The van der Waals surface area contributed by atoms with Gasteiger partial charge in [-0.3, -0.25) is 4.79 Å². The van der Waals surface area contributed by atoms with Gasteiger partial charge >= 0.3 is 0 Å². The number of carbonyl (C=O) groups is 1. The Balaban J connectivity index is 1.99. The second-order valence-corrected chi connectivity index (χ2v) is 8.02. The number of nitrogens with one attached hydrogen (secondary N) is 1. The fourth-order valence-electron chi connectivity index (χ4n) is 2.99. The molecular weight excluding hydrogens is 316 g/mol. The molecule has 1 saturated heterocycles. The molecule has 1 N–H and O–H groups in total. The van der Waals surface area contributed by atoms with Gasteiger partial charge in [-0.2, -0.15) is 0 Å². The molecule has 128 valence electrons. The molecule has 0 aromatic heterocycles. The number of nitrogens with zero attached hydrogens (tertiary/aromatic N) is 1. The summed E-state index contributed by atoms with van der Waals surface area (Å²) in [5.41, 5.74) is 0. The topological polar surface area (TPSA) is 75.7 Å². The second-order valence-electron chi connectivity index (χ2n) is 6.25. The Hall–Kier alpha value is -1.60. The summed E-state index contributed by atoms with van der Waals surface area (Å²) in [7, 11) is -2.26. The quantitative estimate of drug-likeness (QED) is 0.881. The Kier molecular flexibility index (Phi) is 5.64. The van der Waals surface area contributed by atoms with Crippen LogP contribution in [0.15, 0.2) is 29.2 Å². The number of likely N-dealkylation sites (tertiary alicyclic amines) is 1. The largest absolute Gasteiger partial charge is 0.497 e. The Labute approximate surface area is 137 Å². The first-order valence-corrected chi connectivity index (χ1v) is 9.21. The van der Waals surface area contributed by atoms with E-state index in [1.54, 1.807) is 17.0 Å². The molecule has 1 aromatic rings. The predicted octanol–water partition coefficient (Wildman–Crippen LogP) is 1.48. The maximum absolute atomic E-state index is 12.3. The van der Waals surface area contributed by atoms with Crippen molar-refractivity contribution in [2.24, 2.45) is 11.8 Å². The number of methoxy groups -OCH3 is 1. The van der Waals surface area contributed by atoms with Crippen molar-refractivity contribution in [1.29, 1.82) is 0 Å². The van der Waals surface area contributed by atoms with Crippen LogP contribution in [0.2, 0.25) is 0 Å². The van der Waals surface area contributed by atoms with Crippen LogP contribution in [0.5, 0.6) is 5.75 Å². The van der Waals surface area contributed by atoms with Gasteiger partial charge in [-0.1, -0.05) is 19.9 Å². The summed E-state index contributed by atoms with van der Waals surface area (Å²) in [4.78, 5) is 14.1. The summed E-state index contributed by atoms with van der Waals surface area (Å²) in [5.74, 6) is 1.16. The Morgan fingerprint density at radius 2 is 1.96 bits per heavy atom. The van der Waals surface area contributed by atoms with Crippen LogP contribution in [-0.2, 0) is 14.8 Å². The highest BCUT2D eigenvalue weighted by molar-refractivity contribution is 7.89. The molecule has 23 heavy (non-hydrogen) atoms. The molecule has 0 bridgehead atoms. The van der Waals surface area contributed by atoms with Crippen molar-refractivity contribution in [2.75, 3.05) is 26.7 Å². The lowest BCUT2D eigenvalue weighted by atomic mass is 9.92. The first kappa shape index (κ1) is 17.7. The summed E-state index contributed by atoms with van der Waals surface area (Å²) in [5, 5.41) is 0. The molecule has 7 heteroatoms. The molecule has 1 aromatic carbocycles. The van der Waals surface area contributed by atoms with E-state index < -0.39 is 10.0 Å². The number of benzene rings is 1. The van der Waals surface area contributed by atoms with E-state index in [9.17, 15) is 13.2 Å². The lowest BCUT2D eigenvalue weighted by Crippen LogP contribution is -2.46. The highest BCUT2D eigenvalue weighted by Gasteiger charge is 2.26. The van der Waals surface area contributed by atoms with Crippen molar-refractivity contribution in [3.05, 3.63) is 24.3 Å². The highest BCUT2D eigenvalue weighted by Crippen LogP contribution is 2.21. The molecule has 0 radical (unpaired) electrons. The van der Waals surface area contributed by atoms with Crippen LogP contribution < -0.4 is 9.46 Å². The number of hydrogen-bond acceptors (Lipinski definition) is 4. The number of sulfonamides is 1. The van der Waals surface area contributed by atoms with Crippen molar-refractivity contribution < 1.29 is 17.9 Å². The van der Waals surface area contributed by atoms with E-state index in [1.807, 2.05) is 0 Å². The smallest absolute Gasteiger partial charge is 0.241 e. The summed E-state index contributed by atoms with van der Waals surface area (Å²) < 4.78 is 32.0. The molecule has 1 heterocycles. The fourth-order valence-corrected chi connectivity index (χ4v) is 4.00. The first-order valence-electron chi connectivity index (χ1n) is 7.73. The molecule has 2 rings (SSSR count). The Bertz CT molecular complexity index is 650. The zero-order valence-electron chi connectivity index (χ0n) is 13.8. The molecular formula is C16H24N2O4S. The fraction of sp³-hybridized carbons (Fsp3) is 0.562. The molecule has 1 aliphatic rings. The van der Waals surface area contributed by atoms with Crippen LogP contribution in [-0.4, -0.2) is 46.0 Å². The minimum atomic E-state index is -3.73. The summed E-state index contributed by atoms with van der Waals surface area (Å²) in [6, 6.07) is 6.17. The van der Waals surface area contributed by atoms with Crippen LogP contribution in [0, 0.1) is 11.8 Å². The monoisotopic (exact) mass is 340 g/mol. The van der Waals surface area contributed by atoms with Gasteiger partial charge in [0.25, 0.3) is 0 Å². The zero-order valence-corrected chi connectivity index (χ0v) is 14.6. The lowest BCUT2D eigenvalue weighted by Gasteiger charge is -2.35. The van der Waals surface area contributed by atoms with Crippen molar-refractivity contribution >= 4 is 15.9 Å². The van der Waals surface area contributed by atoms with E-state index >= 15 is 0 Å². The third-order valence-electron chi connectivity index (χ3n) is 3.99. The van der Waals surface area contributed by atoms with Crippen LogP contribution in [0.1, 0.15) is 20.3 Å². The minimum absolute atomic E-state index is 0.0880. The average molecular weight is 340 g/mol. The van der Waals surface area contributed by atoms with E-state index in [0.717, 1.165) is 6.42 Å². The van der Waals surface area contributed by atoms with E-state index in [-0.39, 0.29) is 17.3 Å². The van der Waals surface area contributed by atoms with Crippen molar-refractivity contribution in [3.8, 4) is 5.75 Å². The first-order chi connectivity index (χ1) is 10.8. The molecule has 1 amide bonds. The number of rotatable bonds is 5. The maximum atomic E-state index is 12.3. The predicted molar refractivity (Wildman–Crippen MR) is 87.7 cm³/mol. The minimum Gasteiger partial charge on any atom is -0.497 e. The zero-order chi connectivity index (χ0) is 17.0. The van der Waals surface area contributed by atoms with E-state index in [0.29, 0.717) is 30.7 Å². The molecule has 0 unspecified atom stereocenters. The van der Waals surface area contributed by atoms with Gasteiger partial charge in [0, 0.05) is 19.2 Å². The lowest BCUT2D eigenvalue weighted by molar-refractivity contribution is -0.132. The molecule has 6 nitrogen and oxygen atoms in total. The Morgan fingerprint density at radius 3 is 2.57 bits per heavy atom. The van der Waals surface area contributed by atoms with Gasteiger partial charge in [0.2, 0.25) is 15.9 Å². The van der Waals surface area contributed by atoms with Gasteiger partial charge in [0.15, 0.2) is 0 Å². The standard InChI is InChI=1S/C16H24N2O4S/c1-12-7-13(2)11-18(10-12)16(19)9-17-23(20,21)15-6-4-5-14(8-15)22-3/h4-6,8,12-13,17H,7,9-11H2,1-3H3/t12-,13+. The average Bonchev–Trinajstić information content (AvgIpc) is 2.51. The summed E-state index contributed by atoms with van der Waals surface area (Å²) >= 11 is 0. The SMILES string of the molecule is COc1cccc(S(=O)(=O)NCC(=O)N2C[C@H](C)C[C@H](C)C2)c1. The number of amides is 1. The highest BCUT2D eigenvalue weighted by atomic mass is 32.2. The third-order valence-corrected chi connectivity index (χ3v) is 5.39. The number of ether oxygens (including phenoxy) is 1. The van der Waals surface area contributed by atoms with Crippen molar-refractivity contribution in [2.45, 2.75) is 25.2 Å². The molecule has 1 aliphatic heterocycles. The van der Waals surface area contributed by atoms with Gasteiger partial charge in [-0.15, -0.1) is 0 Å². The normalized spacial score (nSPS) is 22.0. The van der Waals surface area contributed by atoms with Gasteiger partial charge in [-0.25, -0.2) is 13.1 Å². The number of piperidine rings is 1. The van der Waals surface area contributed by atoms with Crippen molar-refractivity contribution in [3.63, 3.8) is 0 Å². The van der Waals surface area contributed by atoms with Gasteiger partial charge in [-0.05, 0) is 30.4 Å². The van der Waals surface area contributed by atoms with Gasteiger partial charge in [0.05, 0.1) is 18.6 Å². The van der Waals surface area contributed by atoms with Crippen molar-refractivity contribution in [1.82, 2.24) is 9.62 Å². The van der Waals surface area contributed by atoms with Crippen LogP contribution in [0.4, 0.5) is 0 Å². The summed E-state index contributed by atoms with van der Waals surface area (Å²) in [6.45, 7) is 5.36. The number of carbonyl (C=O) groups excluding carboxylic acids is 1. The Morgan fingerprint density at radius 1 is 1.30 bits per heavy atom. The van der Waals surface area contributed by atoms with Crippen LogP contribution >= 0.6 is 0 Å². The molecule has 0 spiro atoms. The maximum Gasteiger partial charge on any atom is 0.241 e. The summed E-state index contributed by atoms with van der Waals surface area (Å²) in [6.07, 6.45) is 1.10. The van der Waals surface area contributed by atoms with Crippen LogP contribution in [0.25, 0.3) is 0 Å². The van der Waals surface area contributed by atoms with Gasteiger partial charge in [0.1, 0.15) is 5.75 Å². The molecule has 0 aliphatic carbocycles. The second kappa shape index (κ2) is 7.31.